The molecule has 0 atom stereocenters. The molecule has 0 aliphatic rings. The van der Waals surface area contributed by atoms with E-state index in [1.807, 2.05) is 0 Å². The van der Waals surface area contributed by atoms with E-state index in [0.29, 0.717) is 11.3 Å². The largest absolute Gasteiger partial charge is 0.493 e. The molecule has 0 spiro atoms. The molecule has 0 saturated heterocycles. The molecule has 0 unspecified atom stereocenters. The molecular weight excluding hydrogens is 212 g/mol. The van der Waals surface area contributed by atoms with Crippen molar-refractivity contribution >= 4 is 11.9 Å². The molecule has 5 nitrogen and oxygen atoms in total. The molecule has 16 heavy (non-hydrogen) atoms. The van der Waals surface area contributed by atoms with Crippen molar-refractivity contribution in [2.45, 2.75) is 6.42 Å². The summed E-state index contributed by atoms with van der Waals surface area (Å²) in [6.07, 6.45) is -0.0568. The van der Waals surface area contributed by atoms with Crippen LogP contribution in [0, 0.1) is 0 Å². The average molecular weight is 224 g/mol. The Balaban J connectivity index is 2.51. The summed E-state index contributed by atoms with van der Waals surface area (Å²) in [5, 5.41) is 8.40. The summed E-state index contributed by atoms with van der Waals surface area (Å²) in [7, 11) is 1.31. The molecular formula is C11H12O5. The maximum absolute atomic E-state index is 11.1. The summed E-state index contributed by atoms with van der Waals surface area (Å²) in [5.41, 5.74) is 0.424. The number of carbonyl (C=O) groups excluding carboxylic acids is 1. The third-order valence-corrected chi connectivity index (χ3v) is 1.86. The lowest BCUT2D eigenvalue weighted by Gasteiger charge is -2.04. The van der Waals surface area contributed by atoms with Crippen molar-refractivity contribution in [3.63, 3.8) is 0 Å². The van der Waals surface area contributed by atoms with E-state index in [1.54, 1.807) is 24.3 Å². The van der Waals surface area contributed by atoms with Crippen LogP contribution in [0.15, 0.2) is 24.3 Å². The highest BCUT2D eigenvalue weighted by Gasteiger charge is 2.04. The first kappa shape index (κ1) is 12.0. The van der Waals surface area contributed by atoms with Crippen molar-refractivity contribution in [2.75, 3.05) is 13.7 Å². The Morgan fingerprint density at radius 1 is 1.25 bits per heavy atom. The van der Waals surface area contributed by atoms with Gasteiger partial charge in [-0.25, -0.2) is 4.79 Å². The maximum Gasteiger partial charge on any atom is 0.337 e. The van der Waals surface area contributed by atoms with Crippen molar-refractivity contribution < 1.29 is 24.2 Å². The second-order valence-corrected chi connectivity index (χ2v) is 3.01. The smallest absolute Gasteiger partial charge is 0.337 e. The van der Waals surface area contributed by atoms with Crippen LogP contribution in [0.2, 0.25) is 0 Å². The van der Waals surface area contributed by atoms with Crippen molar-refractivity contribution in [1.82, 2.24) is 0 Å². The van der Waals surface area contributed by atoms with Gasteiger partial charge in [0.15, 0.2) is 0 Å². The van der Waals surface area contributed by atoms with Gasteiger partial charge in [0.1, 0.15) is 5.75 Å². The number of carbonyl (C=O) groups is 2. The quantitative estimate of drug-likeness (QED) is 0.764. The number of rotatable bonds is 5. The second-order valence-electron chi connectivity index (χ2n) is 3.01. The Hall–Kier alpha value is -2.04. The van der Waals surface area contributed by atoms with Crippen molar-refractivity contribution in [2.24, 2.45) is 0 Å². The van der Waals surface area contributed by atoms with Gasteiger partial charge in [0, 0.05) is 0 Å². The lowest BCUT2D eigenvalue weighted by atomic mass is 10.2. The number of aliphatic carboxylic acids is 1. The van der Waals surface area contributed by atoms with Crippen LogP contribution in [-0.2, 0) is 9.53 Å². The van der Waals surface area contributed by atoms with E-state index in [9.17, 15) is 9.59 Å². The van der Waals surface area contributed by atoms with Gasteiger partial charge in [0.05, 0.1) is 25.7 Å². The molecule has 0 radical (unpaired) electrons. The molecule has 0 bridgehead atoms. The highest BCUT2D eigenvalue weighted by atomic mass is 16.5. The SMILES string of the molecule is COC(=O)c1ccc(OCCC(=O)O)cc1. The monoisotopic (exact) mass is 224 g/mol. The van der Waals surface area contributed by atoms with E-state index in [0.717, 1.165) is 0 Å². The van der Waals surface area contributed by atoms with Crippen LogP contribution in [0.1, 0.15) is 16.8 Å². The number of hydrogen-bond acceptors (Lipinski definition) is 4. The molecule has 0 fully saturated rings. The molecule has 86 valence electrons. The molecule has 0 amide bonds. The highest BCUT2D eigenvalue weighted by molar-refractivity contribution is 5.89. The number of methoxy groups -OCH3 is 1. The number of carboxylic acids is 1. The Morgan fingerprint density at radius 3 is 2.38 bits per heavy atom. The minimum atomic E-state index is -0.911. The molecule has 1 aromatic carbocycles. The predicted molar refractivity (Wildman–Crippen MR) is 55.5 cm³/mol. The van der Waals surface area contributed by atoms with Gasteiger partial charge in [-0.05, 0) is 24.3 Å². The number of ether oxygens (including phenoxy) is 2. The van der Waals surface area contributed by atoms with Gasteiger partial charge in [-0.3, -0.25) is 4.79 Å². The Morgan fingerprint density at radius 2 is 1.88 bits per heavy atom. The molecule has 0 aromatic heterocycles. The van der Waals surface area contributed by atoms with Crippen LogP contribution in [-0.4, -0.2) is 30.8 Å². The fourth-order valence-electron chi connectivity index (χ4n) is 1.06. The van der Waals surface area contributed by atoms with Crippen LogP contribution >= 0.6 is 0 Å². The van der Waals surface area contributed by atoms with E-state index >= 15 is 0 Å². The van der Waals surface area contributed by atoms with Gasteiger partial charge < -0.3 is 14.6 Å². The van der Waals surface area contributed by atoms with E-state index in [4.69, 9.17) is 9.84 Å². The second kappa shape index (κ2) is 5.75. The number of benzene rings is 1. The summed E-state index contributed by atoms with van der Waals surface area (Å²) in [5.74, 6) is -0.808. The zero-order chi connectivity index (χ0) is 12.0. The minimum absolute atomic E-state index is 0.0568. The Labute approximate surface area is 92.6 Å². The number of hydrogen-bond donors (Lipinski definition) is 1. The summed E-state index contributed by atoms with van der Waals surface area (Å²) in [4.78, 5) is 21.3. The zero-order valence-electron chi connectivity index (χ0n) is 8.80. The van der Waals surface area contributed by atoms with Crippen molar-refractivity contribution in [3.05, 3.63) is 29.8 Å². The first-order valence-corrected chi connectivity index (χ1v) is 4.66. The van der Waals surface area contributed by atoms with Crippen LogP contribution < -0.4 is 4.74 Å². The van der Waals surface area contributed by atoms with Gasteiger partial charge in [-0.2, -0.15) is 0 Å². The first-order chi connectivity index (χ1) is 7.63. The maximum atomic E-state index is 11.1. The predicted octanol–water partition coefficient (Wildman–Crippen LogP) is 1.33. The number of esters is 1. The summed E-state index contributed by atoms with van der Waals surface area (Å²) < 4.78 is 9.68. The average Bonchev–Trinajstić information content (AvgIpc) is 2.28. The third kappa shape index (κ3) is 3.61. The first-order valence-electron chi connectivity index (χ1n) is 4.66. The molecule has 1 rings (SSSR count). The van der Waals surface area contributed by atoms with Gasteiger partial charge >= 0.3 is 11.9 Å². The van der Waals surface area contributed by atoms with Crippen LogP contribution in [0.5, 0.6) is 5.75 Å². The van der Waals surface area contributed by atoms with Gasteiger partial charge in [0.2, 0.25) is 0 Å². The molecule has 5 heteroatoms. The van der Waals surface area contributed by atoms with E-state index in [-0.39, 0.29) is 13.0 Å². The van der Waals surface area contributed by atoms with Gasteiger partial charge in [0.25, 0.3) is 0 Å². The molecule has 0 aliphatic carbocycles. The van der Waals surface area contributed by atoms with E-state index in [2.05, 4.69) is 4.74 Å². The topological polar surface area (TPSA) is 72.8 Å². The van der Waals surface area contributed by atoms with Crippen LogP contribution in [0.4, 0.5) is 0 Å². The molecule has 1 aromatic rings. The number of carboxylic acid groups (broad SMARTS) is 1. The standard InChI is InChI=1S/C11H12O5/c1-15-11(14)8-2-4-9(5-3-8)16-7-6-10(12)13/h2-5H,6-7H2,1H3,(H,12,13). The van der Waals surface area contributed by atoms with Gasteiger partial charge in [-0.1, -0.05) is 0 Å². The van der Waals surface area contributed by atoms with E-state index < -0.39 is 11.9 Å². The minimum Gasteiger partial charge on any atom is -0.493 e. The highest BCUT2D eigenvalue weighted by Crippen LogP contribution is 2.12. The summed E-state index contributed by atoms with van der Waals surface area (Å²) >= 11 is 0. The zero-order valence-corrected chi connectivity index (χ0v) is 8.80. The Bertz CT molecular complexity index is 368. The normalized spacial score (nSPS) is 9.56. The fourth-order valence-corrected chi connectivity index (χ4v) is 1.06. The molecule has 0 saturated carbocycles. The molecule has 0 aliphatic heterocycles. The van der Waals surface area contributed by atoms with E-state index in [1.165, 1.54) is 7.11 Å². The van der Waals surface area contributed by atoms with Crippen molar-refractivity contribution in [1.29, 1.82) is 0 Å². The summed E-state index contributed by atoms with van der Waals surface area (Å²) in [6.45, 7) is 0.104. The van der Waals surface area contributed by atoms with Crippen LogP contribution in [0.3, 0.4) is 0 Å². The lowest BCUT2D eigenvalue weighted by molar-refractivity contribution is -0.137. The Kier molecular flexibility index (Phi) is 4.32. The fraction of sp³-hybridized carbons (Fsp3) is 0.273. The van der Waals surface area contributed by atoms with Crippen LogP contribution in [0.25, 0.3) is 0 Å². The van der Waals surface area contributed by atoms with Crippen molar-refractivity contribution in [3.8, 4) is 5.75 Å². The summed E-state index contributed by atoms with van der Waals surface area (Å²) in [6, 6.07) is 6.30. The molecule has 0 heterocycles. The lowest BCUT2D eigenvalue weighted by Crippen LogP contribution is -2.05. The molecule has 1 N–H and O–H groups in total. The third-order valence-electron chi connectivity index (χ3n) is 1.86. The van der Waals surface area contributed by atoms with Gasteiger partial charge in [-0.15, -0.1) is 0 Å².